The second kappa shape index (κ2) is 5.74. The molecule has 0 spiro atoms. The van der Waals surface area contributed by atoms with E-state index in [4.69, 9.17) is 10.2 Å². The van der Waals surface area contributed by atoms with Crippen LogP contribution in [0.3, 0.4) is 0 Å². The van der Waals surface area contributed by atoms with Crippen LogP contribution < -0.4 is 5.73 Å². The van der Waals surface area contributed by atoms with E-state index in [2.05, 4.69) is 4.99 Å². The average Bonchev–Trinajstić information content (AvgIpc) is 2.99. The van der Waals surface area contributed by atoms with Crippen molar-refractivity contribution in [1.29, 1.82) is 0 Å². The Kier molecular flexibility index (Phi) is 3.43. The van der Waals surface area contributed by atoms with Crippen LogP contribution in [0.15, 0.2) is 76.1 Å². The summed E-state index contributed by atoms with van der Waals surface area (Å²) in [7, 11) is 0. The molecule has 4 rings (SSSR count). The third kappa shape index (κ3) is 2.48. The van der Waals surface area contributed by atoms with E-state index in [1.165, 1.54) is 0 Å². The molecule has 0 fully saturated rings. The Morgan fingerprint density at radius 3 is 2.62 bits per heavy atom. The van der Waals surface area contributed by atoms with Gasteiger partial charge in [0.15, 0.2) is 0 Å². The number of nitrogens with two attached hydrogens (primary N) is 1. The molecule has 1 aromatic heterocycles. The molecular formula is C20H16N2O2. The molecule has 1 heterocycles. The number of nitrogens with zero attached hydrogens (tertiary/aromatic N) is 1. The van der Waals surface area contributed by atoms with Crippen LogP contribution in [0.5, 0.6) is 5.75 Å². The van der Waals surface area contributed by atoms with E-state index >= 15 is 0 Å². The molecule has 3 aromatic carbocycles. The first-order valence-corrected chi connectivity index (χ1v) is 7.71. The van der Waals surface area contributed by atoms with Crippen LogP contribution in [0, 0.1) is 0 Å². The normalized spacial score (nSPS) is 12.1. The van der Waals surface area contributed by atoms with Crippen LogP contribution >= 0.6 is 0 Å². The number of furan rings is 1. The molecule has 0 aliphatic rings. The zero-order valence-corrected chi connectivity index (χ0v) is 12.9. The van der Waals surface area contributed by atoms with Gasteiger partial charge in [0.1, 0.15) is 22.8 Å². The minimum atomic E-state index is 0.215. The fourth-order valence-corrected chi connectivity index (χ4v) is 2.89. The van der Waals surface area contributed by atoms with Gasteiger partial charge < -0.3 is 15.3 Å². The highest BCUT2D eigenvalue weighted by Gasteiger charge is 2.11. The summed E-state index contributed by atoms with van der Waals surface area (Å²) in [5.41, 5.74) is 9.52. The molecular weight excluding hydrogens is 300 g/mol. The van der Waals surface area contributed by atoms with Crippen molar-refractivity contribution in [2.24, 2.45) is 10.7 Å². The lowest BCUT2D eigenvalue weighted by atomic mass is 10.1. The molecule has 0 unspecified atom stereocenters. The van der Waals surface area contributed by atoms with E-state index in [1.54, 1.807) is 18.2 Å². The smallest absolute Gasteiger partial charge is 0.135 e. The SMILES string of the molecule is NC(=NCc1cccc2oc3ccc(O)cc3c12)c1ccccc1. The summed E-state index contributed by atoms with van der Waals surface area (Å²) >= 11 is 0. The quantitative estimate of drug-likeness (QED) is 0.439. The van der Waals surface area contributed by atoms with Gasteiger partial charge in [-0.05, 0) is 29.8 Å². The van der Waals surface area contributed by atoms with Crippen molar-refractivity contribution in [3.8, 4) is 5.75 Å². The summed E-state index contributed by atoms with van der Waals surface area (Å²) in [6.07, 6.45) is 0. The van der Waals surface area contributed by atoms with Crippen molar-refractivity contribution in [2.45, 2.75) is 6.54 Å². The lowest BCUT2D eigenvalue weighted by molar-refractivity contribution is 0.476. The molecule has 4 aromatic rings. The number of hydrogen-bond donors (Lipinski definition) is 2. The molecule has 0 radical (unpaired) electrons. The number of benzene rings is 3. The molecule has 3 N–H and O–H groups in total. The van der Waals surface area contributed by atoms with Crippen molar-refractivity contribution in [1.82, 2.24) is 0 Å². The third-order valence-corrected chi connectivity index (χ3v) is 4.05. The van der Waals surface area contributed by atoms with E-state index in [1.807, 2.05) is 48.5 Å². The summed E-state index contributed by atoms with van der Waals surface area (Å²) in [6, 6.07) is 20.7. The van der Waals surface area contributed by atoms with Crippen molar-refractivity contribution < 1.29 is 9.52 Å². The molecule has 24 heavy (non-hydrogen) atoms. The fraction of sp³-hybridized carbons (Fsp3) is 0.0500. The number of amidine groups is 1. The van der Waals surface area contributed by atoms with E-state index in [9.17, 15) is 5.11 Å². The fourth-order valence-electron chi connectivity index (χ4n) is 2.89. The van der Waals surface area contributed by atoms with Gasteiger partial charge >= 0.3 is 0 Å². The number of aromatic hydroxyl groups is 1. The first-order chi connectivity index (χ1) is 11.7. The Hall–Kier alpha value is -3.27. The van der Waals surface area contributed by atoms with E-state index < -0.39 is 0 Å². The van der Waals surface area contributed by atoms with Crippen LogP contribution in [-0.2, 0) is 6.54 Å². The lowest BCUT2D eigenvalue weighted by Gasteiger charge is -2.03. The van der Waals surface area contributed by atoms with Crippen LogP contribution in [-0.4, -0.2) is 10.9 Å². The van der Waals surface area contributed by atoms with Gasteiger partial charge in [-0.1, -0.05) is 42.5 Å². The van der Waals surface area contributed by atoms with Gasteiger partial charge in [-0.2, -0.15) is 0 Å². The first-order valence-electron chi connectivity index (χ1n) is 7.71. The largest absolute Gasteiger partial charge is 0.508 e. The van der Waals surface area contributed by atoms with Crippen molar-refractivity contribution in [3.05, 3.63) is 77.9 Å². The van der Waals surface area contributed by atoms with Gasteiger partial charge in [0.2, 0.25) is 0 Å². The van der Waals surface area contributed by atoms with Crippen LogP contribution in [0.4, 0.5) is 0 Å². The highest BCUT2D eigenvalue weighted by atomic mass is 16.3. The van der Waals surface area contributed by atoms with Gasteiger partial charge in [-0.3, -0.25) is 4.99 Å². The molecule has 118 valence electrons. The zero-order chi connectivity index (χ0) is 16.5. The molecule has 0 aliphatic carbocycles. The van der Waals surface area contributed by atoms with Crippen LogP contribution in [0.1, 0.15) is 11.1 Å². The minimum Gasteiger partial charge on any atom is -0.508 e. The standard InChI is InChI=1S/C20H16N2O2/c21-20(13-5-2-1-3-6-13)22-12-14-7-4-8-18-19(14)16-11-15(23)9-10-17(16)24-18/h1-11,23H,12H2,(H2,21,22). The summed E-state index contributed by atoms with van der Waals surface area (Å²) in [5.74, 6) is 0.718. The average molecular weight is 316 g/mol. The second-order valence-corrected chi connectivity index (χ2v) is 5.64. The Bertz CT molecular complexity index is 1050. The first kappa shape index (κ1) is 14.3. The second-order valence-electron chi connectivity index (χ2n) is 5.64. The van der Waals surface area contributed by atoms with Gasteiger partial charge in [0.25, 0.3) is 0 Å². The van der Waals surface area contributed by atoms with Crippen LogP contribution in [0.25, 0.3) is 21.9 Å². The van der Waals surface area contributed by atoms with E-state index in [0.717, 1.165) is 33.1 Å². The summed E-state index contributed by atoms with van der Waals surface area (Å²) in [6.45, 7) is 0.447. The Morgan fingerprint density at radius 2 is 1.79 bits per heavy atom. The lowest BCUT2D eigenvalue weighted by Crippen LogP contribution is -2.13. The highest BCUT2D eigenvalue weighted by molar-refractivity contribution is 6.07. The molecule has 4 heteroatoms. The van der Waals surface area contributed by atoms with Gasteiger partial charge in [0.05, 0.1) is 6.54 Å². The summed E-state index contributed by atoms with van der Waals surface area (Å²) < 4.78 is 5.85. The number of hydrogen-bond acceptors (Lipinski definition) is 3. The molecule has 0 atom stereocenters. The number of rotatable bonds is 3. The third-order valence-electron chi connectivity index (χ3n) is 4.05. The monoisotopic (exact) mass is 316 g/mol. The molecule has 0 aliphatic heterocycles. The Labute approximate surface area is 138 Å². The molecule has 0 saturated heterocycles. The van der Waals surface area contributed by atoms with Gasteiger partial charge in [-0.15, -0.1) is 0 Å². The van der Waals surface area contributed by atoms with Crippen LogP contribution in [0.2, 0.25) is 0 Å². The Balaban J connectivity index is 1.79. The predicted molar refractivity (Wildman–Crippen MR) is 96.3 cm³/mol. The van der Waals surface area contributed by atoms with Crippen molar-refractivity contribution in [2.75, 3.05) is 0 Å². The summed E-state index contributed by atoms with van der Waals surface area (Å²) in [5, 5.41) is 11.6. The highest BCUT2D eigenvalue weighted by Crippen LogP contribution is 2.33. The number of phenols is 1. The maximum atomic E-state index is 9.78. The van der Waals surface area contributed by atoms with E-state index in [0.29, 0.717) is 12.4 Å². The zero-order valence-electron chi connectivity index (χ0n) is 12.9. The van der Waals surface area contributed by atoms with Gasteiger partial charge in [-0.25, -0.2) is 0 Å². The number of aliphatic imine (C=N–C) groups is 1. The number of phenolic OH excluding ortho intramolecular Hbond substituents is 1. The molecule has 4 nitrogen and oxygen atoms in total. The van der Waals surface area contributed by atoms with Gasteiger partial charge in [0, 0.05) is 16.3 Å². The number of fused-ring (bicyclic) bond motifs is 3. The topological polar surface area (TPSA) is 71.8 Å². The molecule has 0 bridgehead atoms. The predicted octanol–water partition coefficient (Wildman–Crippen LogP) is 4.20. The molecule has 0 amide bonds. The minimum absolute atomic E-state index is 0.215. The maximum Gasteiger partial charge on any atom is 0.135 e. The van der Waals surface area contributed by atoms with Crippen molar-refractivity contribution >= 4 is 27.8 Å². The van der Waals surface area contributed by atoms with E-state index in [-0.39, 0.29) is 5.75 Å². The molecule has 0 saturated carbocycles. The maximum absolute atomic E-state index is 9.78. The Morgan fingerprint density at radius 1 is 0.958 bits per heavy atom. The summed E-state index contributed by atoms with van der Waals surface area (Å²) in [4.78, 5) is 4.51. The van der Waals surface area contributed by atoms with Crippen molar-refractivity contribution in [3.63, 3.8) is 0 Å².